The summed E-state index contributed by atoms with van der Waals surface area (Å²) in [6.45, 7) is 3.88. The molecule has 0 bridgehead atoms. The Morgan fingerprint density at radius 3 is 2.56 bits per heavy atom. The molecule has 1 atom stereocenters. The van der Waals surface area contributed by atoms with Crippen molar-refractivity contribution in [1.82, 2.24) is 5.32 Å². The summed E-state index contributed by atoms with van der Waals surface area (Å²) in [5.74, 6) is 0.609. The lowest BCUT2D eigenvalue weighted by atomic mass is 9.96. The molecule has 1 aliphatic carbocycles. The van der Waals surface area contributed by atoms with Gasteiger partial charge in [-0.05, 0) is 32.2 Å². The van der Waals surface area contributed by atoms with Crippen LogP contribution in [0.15, 0.2) is 0 Å². The second-order valence-corrected chi connectivity index (χ2v) is 4.95. The third-order valence-corrected chi connectivity index (χ3v) is 3.64. The Labute approximate surface area is 99.6 Å². The molecule has 0 aromatic heterocycles. The fraction of sp³-hybridized carbons (Fsp3) is 1.00. The summed E-state index contributed by atoms with van der Waals surface area (Å²) in [4.78, 5) is 0. The van der Waals surface area contributed by atoms with E-state index in [1.54, 1.807) is 0 Å². The number of hydrogen-bond acceptors (Lipinski definition) is 3. The van der Waals surface area contributed by atoms with Gasteiger partial charge in [0.25, 0.3) is 0 Å². The second kappa shape index (κ2) is 7.25. The number of likely N-dealkylation sites (N-methyl/N-ethyl adjacent to an activating group) is 1. The first kappa shape index (κ1) is 13.9. The van der Waals surface area contributed by atoms with E-state index in [1.807, 2.05) is 7.05 Å². The van der Waals surface area contributed by atoms with Gasteiger partial charge in [0, 0.05) is 6.61 Å². The van der Waals surface area contributed by atoms with Gasteiger partial charge in [-0.3, -0.25) is 0 Å². The first-order valence-corrected chi connectivity index (χ1v) is 6.66. The number of hydrogen-bond donors (Lipinski definition) is 2. The summed E-state index contributed by atoms with van der Waals surface area (Å²) in [5.41, 5.74) is -0.176. The molecule has 0 aromatic carbocycles. The van der Waals surface area contributed by atoms with E-state index < -0.39 is 0 Å². The van der Waals surface area contributed by atoms with Gasteiger partial charge < -0.3 is 15.2 Å². The van der Waals surface area contributed by atoms with Crippen molar-refractivity contribution in [3.8, 4) is 0 Å². The Hall–Kier alpha value is -0.120. The summed E-state index contributed by atoms with van der Waals surface area (Å²) in [7, 11) is 1.93. The lowest BCUT2D eigenvalue weighted by Crippen LogP contribution is -2.52. The van der Waals surface area contributed by atoms with E-state index in [1.165, 1.54) is 32.1 Å². The number of aliphatic hydroxyl groups is 1. The third-order valence-electron chi connectivity index (χ3n) is 3.64. The maximum atomic E-state index is 9.49. The average molecular weight is 229 g/mol. The minimum absolute atomic E-state index is 0.176. The Morgan fingerprint density at radius 1 is 1.31 bits per heavy atom. The van der Waals surface area contributed by atoms with Crippen LogP contribution < -0.4 is 5.32 Å². The van der Waals surface area contributed by atoms with Gasteiger partial charge in [-0.1, -0.05) is 26.2 Å². The van der Waals surface area contributed by atoms with Crippen LogP contribution in [0.5, 0.6) is 0 Å². The summed E-state index contributed by atoms with van der Waals surface area (Å²) in [5, 5.41) is 12.7. The molecule has 1 aliphatic rings. The van der Waals surface area contributed by atoms with E-state index in [0.717, 1.165) is 13.0 Å². The molecular formula is C13H27NO2. The highest BCUT2D eigenvalue weighted by Crippen LogP contribution is 2.39. The Kier molecular flexibility index (Phi) is 6.32. The lowest BCUT2D eigenvalue weighted by Gasteiger charge is -2.31. The van der Waals surface area contributed by atoms with Crippen molar-refractivity contribution in [3.63, 3.8) is 0 Å². The summed E-state index contributed by atoms with van der Waals surface area (Å²) >= 11 is 0. The zero-order valence-corrected chi connectivity index (χ0v) is 10.8. The van der Waals surface area contributed by atoms with Crippen molar-refractivity contribution < 1.29 is 9.84 Å². The summed E-state index contributed by atoms with van der Waals surface area (Å²) < 4.78 is 5.71. The molecule has 0 aliphatic heterocycles. The number of ether oxygens (including phenoxy) is 1. The zero-order valence-electron chi connectivity index (χ0n) is 10.8. The molecule has 0 amide bonds. The monoisotopic (exact) mass is 229 g/mol. The highest BCUT2D eigenvalue weighted by molar-refractivity contribution is 5.00. The van der Waals surface area contributed by atoms with Crippen molar-refractivity contribution >= 4 is 0 Å². The number of aliphatic hydroxyl groups excluding tert-OH is 1. The van der Waals surface area contributed by atoms with E-state index in [2.05, 4.69) is 12.2 Å². The predicted molar refractivity (Wildman–Crippen MR) is 66.6 cm³/mol. The topological polar surface area (TPSA) is 41.5 Å². The van der Waals surface area contributed by atoms with E-state index in [4.69, 9.17) is 4.74 Å². The molecule has 2 N–H and O–H groups in total. The van der Waals surface area contributed by atoms with Crippen LogP contribution in [0.1, 0.15) is 45.4 Å². The SMILES string of the molecule is CCCCCCOCC(CO)(NC)C1CC1. The largest absolute Gasteiger partial charge is 0.394 e. The minimum Gasteiger partial charge on any atom is -0.394 e. The molecular weight excluding hydrogens is 202 g/mol. The van der Waals surface area contributed by atoms with Gasteiger partial charge >= 0.3 is 0 Å². The van der Waals surface area contributed by atoms with Crippen molar-refractivity contribution in [3.05, 3.63) is 0 Å². The Morgan fingerprint density at radius 2 is 2.06 bits per heavy atom. The van der Waals surface area contributed by atoms with E-state index in [9.17, 15) is 5.11 Å². The van der Waals surface area contributed by atoms with Crippen LogP contribution in [0.4, 0.5) is 0 Å². The molecule has 0 radical (unpaired) electrons. The van der Waals surface area contributed by atoms with Crippen LogP contribution in [-0.4, -0.2) is 37.5 Å². The molecule has 0 aromatic rings. The highest BCUT2D eigenvalue weighted by Gasteiger charge is 2.43. The van der Waals surface area contributed by atoms with E-state index in [0.29, 0.717) is 12.5 Å². The van der Waals surface area contributed by atoms with Crippen LogP contribution >= 0.6 is 0 Å². The summed E-state index contributed by atoms with van der Waals surface area (Å²) in [6.07, 6.45) is 7.40. The maximum Gasteiger partial charge on any atom is 0.0676 e. The molecule has 3 nitrogen and oxygen atoms in total. The van der Waals surface area contributed by atoms with Crippen molar-refractivity contribution in [2.24, 2.45) is 5.92 Å². The predicted octanol–water partition coefficient (Wildman–Crippen LogP) is 1.94. The Balaban J connectivity index is 2.13. The van der Waals surface area contributed by atoms with Gasteiger partial charge in [0.2, 0.25) is 0 Å². The smallest absolute Gasteiger partial charge is 0.0676 e. The van der Waals surface area contributed by atoms with Gasteiger partial charge in [-0.2, -0.15) is 0 Å². The normalized spacial score (nSPS) is 19.7. The molecule has 3 heteroatoms. The van der Waals surface area contributed by atoms with Gasteiger partial charge in [0.15, 0.2) is 0 Å². The van der Waals surface area contributed by atoms with Crippen LogP contribution in [0.3, 0.4) is 0 Å². The molecule has 0 spiro atoms. The molecule has 1 unspecified atom stereocenters. The van der Waals surface area contributed by atoms with Gasteiger partial charge in [0.05, 0.1) is 18.8 Å². The first-order valence-electron chi connectivity index (χ1n) is 6.66. The average Bonchev–Trinajstić information content (AvgIpc) is 3.14. The second-order valence-electron chi connectivity index (χ2n) is 4.95. The van der Waals surface area contributed by atoms with Crippen molar-refractivity contribution in [2.45, 2.75) is 51.0 Å². The van der Waals surface area contributed by atoms with Gasteiger partial charge in [-0.25, -0.2) is 0 Å². The maximum absolute atomic E-state index is 9.49. The molecule has 1 saturated carbocycles. The fourth-order valence-corrected chi connectivity index (χ4v) is 2.17. The quantitative estimate of drug-likeness (QED) is 0.563. The molecule has 1 rings (SSSR count). The molecule has 16 heavy (non-hydrogen) atoms. The highest BCUT2D eigenvalue weighted by atomic mass is 16.5. The molecule has 0 heterocycles. The molecule has 96 valence electrons. The Bertz CT molecular complexity index is 177. The van der Waals surface area contributed by atoms with Gasteiger partial charge in [-0.15, -0.1) is 0 Å². The van der Waals surface area contributed by atoms with Gasteiger partial charge in [0.1, 0.15) is 0 Å². The van der Waals surface area contributed by atoms with Crippen LogP contribution in [0.25, 0.3) is 0 Å². The number of rotatable bonds is 10. The number of unbranched alkanes of at least 4 members (excludes halogenated alkanes) is 3. The first-order chi connectivity index (χ1) is 7.79. The minimum atomic E-state index is -0.176. The fourth-order valence-electron chi connectivity index (χ4n) is 2.17. The zero-order chi connectivity index (χ0) is 11.9. The van der Waals surface area contributed by atoms with Crippen LogP contribution in [0, 0.1) is 5.92 Å². The molecule has 1 fully saturated rings. The van der Waals surface area contributed by atoms with Crippen LogP contribution in [-0.2, 0) is 4.74 Å². The molecule has 0 saturated heterocycles. The number of nitrogens with one attached hydrogen (secondary N) is 1. The lowest BCUT2D eigenvalue weighted by molar-refractivity contribution is 0.0263. The van der Waals surface area contributed by atoms with E-state index in [-0.39, 0.29) is 12.1 Å². The van der Waals surface area contributed by atoms with Crippen LogP contribution in [0.2, 0.25) is 0 Å². The third kappa shape index (κ3) is 4.04. The van der Waals surface area contributed by atoms with E-state index >= 15 is 0 Å². The van der Waals surface area contributed by atoms with Crippen molar-refractivity contribution in [2.75, 3.05) is 26.9 Å². The van der Waals surface area contributed by atoms with Crippen molar-refractivity contribution in [1.29, 1.82) is 0 Å². The summed E-state index contributed by atoms with van der Waals surface area (Å²) in [6, 6.07) is 0. The standard InChI is InChI=1S/C13H27NO2/c1-3-4-5-6-9-16-11-13(10-15,14-2)12-7-8-12/h12,14-15H,3-11H2,1-2H3.